The highest BCUT2D eigenvalue weighted by Crippen LogP contribution is 2.37. The van der Waals surface area contributed by atoms with Gasteiger partial charge in [-0.3, -0.25) is 4.79 Å². The molecule has 1 heterocycles. The van der Waals surface area contributed by atoms with Crippen molar-refractivity contribution in [3.63, 3.8) is 0 Å². The number of nitrogens with two attached hydrogens (primary N) is 1. The molecule has 4 nitrogen and oxygen atoms in total. The maximum absolute atomic E-state index is 13.6. The van der Waals surface area contributed by atoms with Gasteiger partial charge in [-0.1, -0.05) is 29.3 Å². The Morgan fingerprint density at radius 1 is 1.22 bits per heavy atom. The van der Waals surface area contributed by atoms with Crippen molar-refractivity contribution in [3.05, 3.63) is 63.1 Å². The molecule has 3 N–H and O–H groups in total. The van der Waals surface area contributed by atoms with Crippen molar-refractivity contribution in [1.29, 1.82) is 0 Å². The van der Waals surface area contributed by atoms with Gasteiger partial charge in [0.25, 0.3) is 0 Å². The Bertz CT molecular complexity index is 969. The molecule has 1 aliphatic rings. The first-order valence-corrected chi connectivity index (χ1v) is 11.1. The van der Waals surface area contributed by atoms with E-state index in [0.29, 0.717) is 43.1 Å². The molecule has 0 aliphatic carbocycles. The van der Waals surface area contributed by atoms with E-state index in [9.17, 15) is 18.0 Å². The number of aliphatic hydroxyl groups is 1. The SMILES string of the molecule is Nc1ccc(CCC(Cc2cc(Cl)ccc2C(F)(F)F)[C@H]2CCN(C(=O)CO)C2)cc1Cl. The summed E-state index contributed by atoms with van der Waals surface area (Å²) in [5.74, 6) is -0.479. The number of hydrogen-bond donors (Lipinski definition) is 2. The molecular formula is C23H25Cl2F3N2O2. The summed E-state index contributed by atoms with van der Waals surface area (Å²) < 4.78 is 40.8. The maximum Gasteiger partial charge on any atom is 0.416 e. The molecule has 1 unspecified atom stereocenters. The highest BCUT2D eigenvalue weighted by molar-refractivity contribution is 6.33. The minimum atomic E-state index is -4.48. The lowest BCUT2D eigenvalue weighted by molar-refractivity contribution is -0.138. The second-order valence-corrected chi connectivity index (χ2v) is 9.05. The monoisotopic (exact) mass is 488 g/mol. The standard InChI is InChI=1S/C23H25Cl2F3N2O2/c24-18-4-5-19(23(26,27)28)17(11-18)10-15(16-7-8-30(12-16)22(32)13-31)3-1-14-2-6-21(29)20(25)9-14/h2,4-6,9,11,15-16,31H,1,3,7-8,10,12-13,29H2/t15?,16-/m0/s1. The second-order valence-electron chi connectivity index (χ2n) is 8.20. The number of nitrogen functional groups attached to an aromatic ring is 1. The lowest BCUT2D eigenvalue weighted by Crippen LogP contribution is -2.32. The van der Waals surface area contributed by atoms with Gasteiger partial charge >= 0.3 is 6.18 Å². The zero-order valence-electron chi connectivity index (χ0n) is 17.3. The fraction of sp³-hybridized carbons (Fsp3) is 0.435. The molecular weight excluding hydrogens is 464 g/mol. The van der Waals surface area contributed by atoms with E-state index in [0.717, 1.165) is 11.6 Å². The van der Waals surface area contributed by atoms with Crippen LogP contribution in [0.2, 0.25) is 10.0 Å². The van der Waals surface area contributed by atoms with E-state index in [-0.39, 0.29) is 34.7 Å². The third kappa shape index (κ3) is 6.09. The second kappa shape index (κ2) is 10.3. The molecule has 2 aromatic rings. The van der Waals surface area contributed by atoms with Crippen molar-refractivity contribution in [2.45, 2.75) is 31.9 Å². The number of benzene rings is 2. The number of alkyl halides is 3. The summed E-state index contributed by atoms with van der Waals surface area (Å²) in [5.41, 5.74) is 6.63. The van der Waals surface area contributed by atoms with E-state index < -0.39 is 18.3 Å². The lowest BCUT2D eigenvalue weighted by Gasteiger charge is -2.26. The number of hydrogen-bond acceptors (Lipinski definition) is 3. The number of carbonyl (C=O) groups is 1. The summed E-state index contributed by atoms with van der Waals surface area (Å²) >= 11 is 12.1. The van der Waals surface area contributed by atoms with Crippen LogP contribution in [-0.2, 0) is 23.8 Å². The van der Waals surface area contributed by atoms with Gasteiger partial charge in [0, 0.05) is 18.1 Å². The predicted octanol–water partition coefficient (Wildman–Crippen LogP) is 5.23. The fourth-order valence-corrected chi connectivity index (χ4v) is 4.77. The zero-order chi connectivity index (χ0) is 23.5. The highest BCUT2D eigenvalue weighted by Gasteiger charge is 2.36. The number of rotatable bonds is 7. The number of likely N-dealkylation sites (tertiary alicyclic amines) is 1. The van der Waals surface area contributed by atoms with Gasteiger partial charge < -0.3 is 15.7 Å². The molecule has 9 heteroatoms. The van der Waals surface area contributed by atoms with Gasteiger partial charge in [-0.2, -0.15) is 13.2 Å². The topological polar surface area (TPSA) is 66.6 Å². The highest BCUT2D eigenvalue weighted by atomic mass is 35.5. The van der Waals surface area contributed by atoms with Crippen LogP contribution in [0.15, 0.2) is 36.4 Å². The van der Waals surface area contributed by atoms with Crippen LogP contribution in [0.1, 0.15) is 29.5 Å². The largest absolute Gasteiger partial charge is 0.416 e. The average Bonchev–Trinajstić information content (AvgIpc) is 3.22. The van der Waals surface area contributed by atoms with Crippen LogP contribution in [0.25, 0.3) is 0 Å². The Hall–Kier alpha value is -1.96. The van der Waals surface area contributed by atoms with Gasteiger partial charge in [-0.15, -0.1) is 0 Å². The van der Waals surface area contributed by atoms with Crippen molar-refractivity contribution < 1.29 is 23.1 Å². The average molecular weight is 489 g/mol. The minimum Gasteiger partial charge on any atom is -0.398 e. The van der Waals surface area contributed by atoms with E-state index in [2.05, 4.69) is 0 Å². The summed E-state index contributed by atoms with van der Waals surface area (Å²) in [6.45, 7) is 0.318. The number of halogens is 5. The molecule has 1 aliphatic heterocycles. The van der Waals surface area contributed by atoms with Crippen LogP contribution < -0.4 is 5.73 Å². The van der Waals surface area contributed by atoms with Crippen LogP contribution in [0, 0.1) is 11.8 Å². The number of nitrogens with zero attached hydrogens (tertiary/aromatic N) is 1. The molecule has 2 atom stereocenters. The van der Waals surface area contributed by atoms with Gasteiger partial charge in [0.15, 0.2) is 0 Å². The van der Waals surface area contributed by atoms with Gasteiger partial charge in [0.1, 0.15) is 6.61 Å². The molecule has 0 saturated carbocycles. The third-order valence-corrected chi connectivity index (χ3v) is 6.67. The van der Waals surface area contributed by atoms with E-state index in [4.69, 9.17) is 34.0 Å². The van der Waals surface area contributed by atoms with Crippen molar-refractivity contribution >= 4 is 34.8 Å². The number of carbonyl (C=O) groups excluding carboxylic acids is 1. The van der Waals surface area contributed by atoms with Gasteiger partial charge in [0.05, 0.1) is 16.3 Å². The Morgan fingerprint density at radius 3 is 2.62 bits per heavy atom. The van der Waals surface area contributed by atoms with E-state index in [1.54, 1.807) is 17.0 Å². The first-order chi connectivity index (χ1) is 15.1. The Kier molecular flexibility index (Phi) is 7.96. The van der Waals surface area contributed by atoms with Crippen molar-refractivity contribution in [3.8, 4) is 0 Å². The number of amides is 1. The lowest BCUT2D eigenvalue weighted by atomic mass is 9.81. The number of aryl methyl sites for hydroxylation is 1. The van der Waals surface area contributed by atoms with Crippen LogP contribution in [-0.4, -0.2) is 35.6 Å². The quantitative estimate of drug-likeness (QED) is 0.524. The van der Waals surface area contributed by atoms with E-state index >= 15 is 0 Å². The number of aliphatic hydroxyl groups excluding tert-OH is 1. The van der Waals surface area contributed by atoms with Gasteiger partial charge in [-0.25, -0.2) is 0 Å². The fourth-order valence-electron chi connectivity index (χ4n) is 4.37. The molecule has 32 heavy (non-hydrogen) atoms. The summed E-state index contributed by atoms with van der Waals surface area (Å²) in [6, 6.07) is 8.98. The summed E-state index contributed by atoms with van der Waals surface area (Å²) in [4.78, 5) is 13.5. The van der Waals surface area contributed by atoms with Crippen LogP contribution in [0.4, 0.5) is 18.9 Å². The molecule has 1 fully saturated rings. The smallest absolute Gasteiger partial charge is 0.398 e. The van der Waals surface area contributed by atoms with Crippen molar-refractivity contribution in [2.24, 2.45) is 11.8 Å². The first kappa shape index (κ1) is 24.7. The zero-order valence-corrected chi connectivity index (χ0v) is 18.9. The first-order valence-electron chi connectivity index (χ1n) is 10.4. The van der Waals surface area contributed by atoms with Crippen LogP contribution >= 0.6 is 23.2 Å². The Morgan fingerprint density at radius 2 is 1.97 bits per heavy atom. The normalized spacial score (nSPS) is 17.6. The van der Waals surface area contributed by atoms with E-state index in [1.807, 2.05) is 6.07 Å². The van der Waals surface area contributed by atoms with Gasteiger partial charge in [-0.05, 0) is 79.0 Å². The predicted molar refractivity (Wildman–Crippen MR) is 120 cm³/mol. The minimum absolute atomic E-state index is 0.00909. The van der Waals surface area contributed by atoms with Crippen molar-refractivity contribution in [2.75, 3.05) is 25.4 Å². The summed E-state index contributed by atoms with van der Waals surface area (Å²) in [5, 5.41) is 9.85. The molecule has 2 aromatic carbocycles. The molecule has 174 valence electrons. The third-order valence-electron chi connectivity index (χ3n) is 6.10. The molecule has 0 spiro atoms. The van der Waals surface area contributed by atoms with Crippen molar-refractivity contribution in [1.82, 2.24) is 4.90 Å². The maximum atomic E-state index is 13.6. The van der Waals surface area contributed by atoms with Gasteiger partial charge in [0.2, 0.25) is 5.91 Å². The molecule has 1 saturated heterocycles. The molecule has 3 rings (SSSR count). The molecule has 0 bridgehead atoms. The Labute approximate surface area is 195 Å². The molecule has 0 aromatic heterocycles. The summed E-state index contributed by atoms with van der Waals surface area (Å²) in [7, 11) is 0. The summed E-state index contributed by atoms with van der Waals surface area (Å²) in [6.07, 6.45) is -2.42. The molecule has 0 radical (unpaired) electrons. The van der Waals surface area contributed by atoms with Crippen LogP contribution in [0.5, 0.6) is 0 Å². The number of anilines is 1. The molecule has 1 amide bonds. The van der Waals surface area contributed by atoms with Crippen LogP contribution in [0.3, 0.4) is 0 Å². The Balaban J connectivity index is 1.85. The van der Waals surface area contributed by atoms with E-state index in [1.165, 1.54) is 12.1 Å².